The number of carbonyl (C=O) groups is 2. The van der Waals surface area contributed by atoms with Crippen LogP contribution in [0.1, 0.15) is 57.8 Å². The summed E-state index contributed by atoms with van der Waals surface area (Å²) in [6, 6.07) is 0. The van der Waals surface area contributed by atoms with Gasteiger partial charge in [0.25, 0.3) is 0 Å². The number of ketones is 1. The molecular weight excluding hydrogens is 336 g/mol. The van der Waals surface area contributed by atoms with Crippen molar-refractivity contribution in [2.45, 2.75) is 70.0 Å². The Labute approximate surface area is 155 Å². The van der Waals surface area contributed by atoms with Crippen LogP contribution >= 0.6 is 0 Å². The SMILES string of the molecule is O=C(O)CCC/C=C/C[C@H]1C(=O)C[C@@H](O)[C@@H]1/C=C\[C@@H](O)CCCCCO. The van der Waals surface area contributed by atoms with Crippen LogP contribution < -0.4 is 0 Å². The molecule has 1 aliphatic carbocycles. The van der Waals surface area contributed by atoms with E-state index in [1.54, 1.807) is 12.2 Å². The molecule has 1 fully saturated rings. The molecule has 1 saturated carbocycles. The van der Waals surface area contributed by atoms with E-state index >= 15 is 0 Å². The van der Waals surface area contributed by atoms with Crippen molar-refractivity contribution in [1.29, 1.82) is 0 Å². The highest BCUT2D eigenvalue weighted by atomic mass is 16.4. The van der Waals surface area contributed by atoms with E-state index in [2.05, 4.69) is 0 Å². The monoisotopic (exact) mass is 368 g/mol. The zero-order valence-corrected chi connectivity index (χ0v) is 15.3. The first kappa shape index (κ1) is 22.5. The van der Waals surface area contributed by atoms with E-state index in [-0.39, 0.29) is 37.1 Å². The summed E-state index contributed by atoms with van der Waals surface area (Å²) in [4.78, 5) is 22.6. The van der Waals surface area contributed by atoms with E-state index < -0.39 is 18.2 Å². The maximum absolute atomic E-state index is 12.1. The summed E-state index contributed by atoms with van der Waals surface area (Å²) in [5, 5.41) is 37.4. The number of carbonyl (C=O) groups excluding carboxylic acids is 1. The van der Waals surface area contributed by atoms with Gasteiger partial charge in [0.15, 0.2) is 0 Å². The van der Waals surface area contributed by atoms with Gasteiger partial charge in [0.05, 0.1) is 12.2 Å². The largest absolute Gasteiger partial charge is 0.481 e. The van der Waals surface area contributed by atoms with Crippen LogP contribution in [0.2, 0.25) is 0 Å². The zero-order valence-electron chi connectivity index (χ0n) is 15.3. The Hall–Kier alpha value is -1.50. The van der Waals surface area contributed by atoms with Gasteiger partial charge >= 0.3 is 5.97 Å². The number of carboxylic acids is 1. The first-order chi connectivity index (χ1) is 12.5. The lowest BCUT2D eigenvalue weighted by molar-refractivity contribution is -0.137. The van der Waals surface area contributed by atoms with Crippen LogP contribution in [0.15, 0.2) is 24.3 Å². The average molecular weight is 368 g/mol. The molecule has 0 spiro atoms. The predicted octanol–water partition coefficient (Wildman–Crippen LogP) is 2.22. The Morgan fingerprint density at radius 2 is 1.96 bits per heavy atom. The van der Waals surface area contributed by atoms with E-state index in [0.717, 1.165) is 19.3 Å². The van der Waals surface area contributed by atoms with Crippen LogP contribution in [0, 0.1) is 11.8 Å². The van der Waals surface area contributed by atoms with Gasteiger partial charge in [-0.1, -0.05) is 37.1 Å². The molecule has 26 heavy (non-hydrogen) atoms. The van der Waals surface area contributed by atoms with E-state index in [4.69, 9.17) is 10.2 Å². The second-order valence-electron chi connectivity index (χ2n) is 6.94. The van der Waals surface area contributed by atoms with E-state index in [1.165, 1.54) is 0 Å². The second-order valence-corrected chi connectivity index (χ2v) is 6.94. The Morgan fingerprint density at radius 1 is 1.19 bits per heavy atom. The molecule has 1 aliphatic rings. The van der Waals surface area contributed by atoms with E-state index in [0.29, 0.717) is 25.7 Å². The van der Waals surface area contributed by atoms with Crippen molar-refractivity contribution in [1.82, 2.24) is 0 Å². The molecule has 1 rings (SSSR count). The molecule has 6 heteroatoms. The lowest BCUT2D eigenvalue weighted by Gasteiger charge is -2.16. The number of aliphatic carboxylic acids is 1. The van der Waals surface area contributed by atoms with Crippen molar-refractivity contribution in [3.05, 3.63) is 24.3 Å². The smallest absolute Gasteiger partial charge is 0.303 e. The molecule has 0 bridgehead atoms. The van der Waals surface area contributed by atoms with E-state index in [9.17, 15) is 19.8 Å². The quantitative estimate of drug-likeness (QED) is 0.293. The number of hydrogen-bond donors (Lipinski definition) is 4. The minimum absolute atomic E-state index is 0.0276. The minimum Gasteiger partial charge on any atom is -0.481 e. The Balaban J connectivity index is 2.45. The molecular formula is C20H32O6. The predicted molar refractivity (Wildman–Crippen MR) is 98.6 cm³/mol. The maximum atomic E-state index is 12.1. The van der Waals surface area contributed by atoms with Crippen molar-refractivity contribution in [2.75, 3.05) is 6.61 Å². The topological polar surface area (TPSA) is 115 Å². The van der Waals surface area contributed by atoms with Crippen molar-refractivity contribution in [3.8, 4) is 0 Å². The Bertz CT molecular complexity index is 485. The summed E-state index contributed by atoms with van der Waals surface area (Å²) in [5.74, 6) is -1.37. The summed E-state index contributed by atoms with van der Waals surface area (Å²) < 4.78 is 0. The van der Waals surface area contributed by atoms with E-state index in [1.807, 2.05) is 12.2 Å². The highest BCUT2D eigenvalue weighted by Gasteiger charge is 2.39. The highest BCUT2D eigenvalue weighted by molar-refractivity contribution is 5.84. The van der Waals surface area contributed by atoms with Crippen LogP contribution in [-0.4, -0.2) is 51.0 Å². The van der Waals surface area contributed by atoms with Crippen molar-refractivity contribution in [3.63, 3.8) is 0 Å². The standard InChI is InChI=1S/C20H32O6/c21-13-7-3-4-8-15(22)11-12-17-16(18(23)14-19(17)24)9-5-1-2-6-10-20(25)26/h1,5,11-12,15-17,19,21-22,24H,2-4,6-10,13-14H2,(H,25,26)/b5-1+,12-11-/t15-,16+,17+,19+/m0/s1. The second kappa shape index (κ2) is 12.8. The van der Waals surface area contributed by atoms with Gasteiger partial charge < -0.3 is 20.4 Å². The van der Waals surface area contributed by atoms with Gasteiger partial charge in [-0.3, -0.25) is 9.59 Å². The summed E-state index contributed by atoms with van der Waals surface area (Å²) in [5.41, 5.74) is 0. The fraction of sp³-hybridized carbons (Fsp3) is 0.700. The first-order valence-electron chi connectivity index (χ1n) is 9.50. The summed E-state index contributed by atoms with van der Waals surface area (Å²) in [6.07, 6.45) is 10.9. The lowest BCUT2D eigenvalue weighted by atomic mass is 9.90. The van der Waals surface area contributed by atoms with Gasteiger partial charge in [-0.05, 0) is 32.1 Å². The number of Topliss-reactive ketones (excluding diaryl/α,β-unsaturated/α-hetero) is 1. The van der Waals surface area contributed by atoms with Gasteiger partial charge in [-0.25, -0.2) is 0 Å². The van der Waals surface area contributed by atoms with Crippen LogP contribution in [-0.2, 0) is 9.59 Å². The van der Waals surface area contributed by atoms with Gasteiger partial charge in [-0.15, -0.1) is 0 Å². The van der Waals surface area contributed by atoms with Crippen LogP contribution in [0.3, 0.4) is 0 Å². The number of allylic oxidation sites excluding steroid dienone is 2. The zero-order chi connectivity index (χ0) is 19.4. The third kappa shape index (κ3) is 8.74. The molecule has 0 aromatic rings. The van der Waals surface area contributed by atoms with Crippen molar-refractivity contribution in [2.24, 2.45) is 11.8 Å². The molecule has 0 amide bonds. The number of carboxylic acid groups (broad SMARTS) is 1. The molecule has 4 atom stereocenters. The summed E-state index contributed by atoms with van der Waals surface area (Å²) >= 11 is 0. The minimum atomic E-state index is -0.812. The normalized spacial score (nSPS) is 24.7. The van der Waals surface area contributed by atoms with Gasteiger partial charge in [0.1, 0.15) is 5.78 Å². The molecule has 0 heterocycles. The van der Waals surface area contributed by atoms with Crippen LogP contribution in [0.5, 0.6) is 0 Å². The fourth-order valence-electron chi connectivity index (χ4n) is 3.25. The third-order valence-corrected chi connectivity index (χ3v) is 4.76. The van der Waals surface area contributed by atoms with Crippen molar-refractivity contribution < 1.29 is 30.0 Å². The number of hydrogen-bond acceptors (Lipinski definition) is 5. The van der Waals surface area contributed by atoms with Crippen LogP contribution in [0.25, 0.3) is 0 Å². The number of rotatable bonds is 13. The number of aliphatic hydroxyl groups excluding tert-OH is 3. The van der Waals surface area contributed by atoms with Gasteiger partial charge in [0, 0.05) is 31.3 Å². The molecule has 0 radical (unpaired) electrons. The fourth-order valence-corrected chi connectivity index (χ4v) is 3.25. The first-order valence-corrected chi connectivity index (χ1v) is 9.50. The molecule has 0 aliphatic heterocycles. The van der Waals surface area contributed by atoms with Crippen LogP contribution in [0.4, 0.5) is 0 Å². The highest BCUT2D eigenvalue weighted by Crippen LogP contribution is 2.33. The average Bonchev–Trinajstić information content (AvgIpc) is 2.85. The summed E-state index contributed by atoms with van der Waals surface area (Å²) in [6.45, 7) is 0.161. The Morgan fingerprint density at radius 3 is 2.65 bits per heavy atom. The molecule has 0 unspecified atom stereocenters. The van der Waals surface area contributed by atoms with Gasteiger partial charge in [-0.2, -0.15) is 0 Å². The Kier molecular flexibility index (Phi) is 11.1. The third-order valence-electron chi connectivity index (χ3n) is 4.76. The molecule has 0 aromatic carbocycles. The molecule has 0 aromatic heterocycles. The molecule has 148 valence electrons. The maximum Gasteiger partial charge on any atom is 0.303 e. The number of unbranched alkanes of at least 4 members (excludes halogenated alkanes) is 3. The van der Waals surface area contributed by atoms with Crippen molar-refractivity contribution >= 4 is 11.8 Å². The lowest BCUT2D eigenvalue weighted by Crippen LogP contribution is -2.18. The molecule has 0 saturated heterocycles. The number of aliphatic hydroxyl groups is 3. The van der Waals surface area contributed by atoms with Gasteiger partial charge in [0.2, 0.25) is 0 Å². The molecule has 4 N–H and O–H groups in total. The molecule has 6 nitrogen and oxygen atoms in total. The summed E-state index contributed by atoms with van der Waals surface area (Å²) in [7, 11) is 0.